The van der Waals surface area contributed by atoms with Crippen molar-refractivity contribution in [2.24, 2.45) is 0 Å². The molecule has 1 N–H and O–H groups in total. The summed E-state index contributed by atoms with van der Waals surface area (Å²) in [5, 5.41) is 9.68. The average Bonchev–Trinajstić information content (AvgIpc) is 2.58. The standard InChI is InChI=1S/C20H30O4/c1-4-7-9-11-15(6-3)16-12-10-13-17(18(16)19(21)22)20(23)24-14-8-5-2/h10,12-13,15H,4-9,11,14H2,1-3H3,(H,21,22). The van der Waals surface area contributed by atoms with Crippen LogP contribution in [0.2, 0.25) is 0 Å². The van der Waals surface area contributed by atoms with Crippen LogP contribution < -0.4 is 0 Å². The Balaban J connectivity index is 3.09. The second-order valence-corrected chi connectivity index (χ2v) is 6.17. The van der Waals surface area contributed by atoms with Crippen molar-refractivity contribution < 1.29 is 19.4 Å². The number of esters is 1. The Bertz CT molecular complexity index is 536. The molecule has 24 heavy (non-hydrogen) atoms. The van der Waals surface area contributed by atoms with Gasteiger partial charge in [-0.15, -0.1) is 0 Å². The number of ether oxygens (including phenoxy) is 1. The van der Waals surface area contributed by atoms with E-state index < -0.39 is 11.9 Å². The number of carboxylic acid groups (broad SMARTS) is 1. The van der Waals surface area contributed by atoms with Crippen molar-refractivity contribution in [2.45, 2.75) is 71.6 Å². The molecule has 1 aromatic carbocycles. The summed E-state index contributed by atoms with van der Waals surface area (Å²) in [7, 11) is 0. The maximum Gasteiger partial charge on any atom is 0.339 e. The molecule has 134 valence electrons. The summed E-state index contributed by atoms with van der Waals surface area (Å²) in [5.74, 6) is -1.43. The maximum absolute atomic E-state index is 12.3. The molecule has 4 heteroatoms. The van der Waals surface area contributed by atoms with Crippen molar-refractivity contribution in [1.82, 2.24) is 0 Å². The van der Waals surface area contributed by atoms with E-state index in [1.165, 1.54) is 0 Å². The number of hydrogen-bond acceptors (Lipinski definition) is 3. The van der Waals surface area contributed by atoms with Gasteiger partial charge in [0.15, 0.2) is 0 Å². The van der Waals surface area contributed by atoms with E-state index in [9.17, 15) is 14.7 Å². The minimum atomic E-state index is -1.05. The van der Waals surface area contributed by atoms with Gasteiger partial charge in [0, 0.05) is 0 Å². The average molecular weight is 334 g/mol. The highest BCUT2D eigenvalue weighted by atomic mass is 16.5. The summed E-state index contributed by atoms with van der Waals surface area (Å²) in [6.07, 6.45) is 6.84. The SMILES string of the molecule is CCCCCC(CC)c1cccc(C(=O)OCCCC)c1C(=O)O. The fourth-order valence-corrected chi connectivity index (χ4v) is 2.93. The quantitative estimate of drug-likeness (QED) is 0.434. The molecule has 0 aliphatic rings. The Kier molecular flexibility index (Phi) is 9.13. The van der Waals surface area contributed by atoms with E-state index in [1.807, 2.05) is 13.0 Å². The smallest absolute Gasteiger partial charge is 0.339 e. The van der Waals surface area contributed by atoms with Crippen LogP contribution in [0, 0.1) is 0 Å². The number of aromatic carboxylic acids is 1. The van der Waals surface area contributed by atoms with E-state index >= 15 is 0 Å². The van der Waals surface area contributed by atoms with Crippen LogP contribution >= 0.6 is 0 Å². The zero-order chi connectivity index (χ0) is 17.9. The number of carbonyl (C=O) groups is 2. The van der Waals surface area contributed by atoms with Crippen molar-refractivity contribution in [3.05, 3.63) is 34.9 Å². The third-order valence-corrected chi connectivity index (χ3v) is 4.35. The molecule has 1 atom stereocenters. The molecule has 0 aliphatic carbocycles. The second kappa shape index (κ2) is 10.8. The molecule has 0 spiro atoms. The van der Waals surface area contributed by atoms with Crippen molar-refractivity contribution in [3.8, 4) is 0 Å². The van der Waals surface area contributed by atoms with Gasteiger partial charge >= 0.3 is 11.9 Å². The van der Waals surface area contributed by atoms with Gasteiger partial charge in [0.05, 0.1) is 17.7 Å². The summed E-state index contributed by atoms with van der Waals surface area (Å²) in [6, 6.07) is 5.16. The zero-order valence-corrected chi connectivity index (χ0v) is 15.1. The predicted octanol–water partition coefficient (Wildman–Crippen LogP) is 5.42. The van der Waals surface area contributed by atoms with E-state index in [-0.39, 0.29) is 17.0 Å². The maximum atomic E-state index is 12.3. The lowest BCUT2D eigenvalue weighted by atomic mass is 9.86. The Labute approximate surface area is 145 Å². The highest BCUT2D eigenvalue weighted by Gasteiger charge is 2.24. The predicted molar refractivity (Wildman–Crippen MR) is 95.8 cm³/mol. The van der Waals surface area contributed by atoms with Gasteiger partial charge in [-0.3, -0.25) is 0 Å². The van der Waals surface area contributed by atoms with Crippen LogP contribution in [-0.2, 0) is 4.74 Å². The molecular formula is C20H30O4. The number of carboxylic acids is 1. The van der Waals surface area contributed by atoms with E-state index in [4.69, 9.17) is 4.74 Å². The fraction of sp³-hybridized carbons (Fsp3) is 0.600. The lowest BCUT2D eigenvalue weighted by molar-refractivity contribution is 0.0489. The third kappa shape index (κ3) is 5.66. The lowest BCUT2D eigenvalue weighted by Gasteiger charge is -2.19. The first-order valence-corrected chi connectivity index (χ1v) is 9.10. The Morgan fingerprint density at radius 3 is 2.38 bits per heavy atom. The topological polar surface area (TPSA) is 63.6 Å². The van der Waals surface area contributed by atoms with Gasteiger partial charge in [-0.1, -0.05) is 58.6 Å². The molecule has 1 aromatic rings. The summed E-state index contributed by atoms with van der Waals surface area (Å²) >= 11 is 0. The monoisotopic (exact) mass is 334 g/mol. The first kappa shape index (κ1) is 20.2. The molecule has 0 aliphatic heterocycles. The second-order valence-electron chi connectivity index (χ2n) is 6.17. The normalized spacial score (nSPS) is 12.0. The molecule has 0 saturated carbocycles. The molecular weight excluding hydrogens is 304 g/mol. The van der Waals surface area contributed by atoms with Crippen LogP contribution in [0.25, 0.3) is 0 Å². The van der Waals surface area contributed by atoms with Gasteiger partial charge in [0.25, 0.3) is 0 Å². The van der Waals surface area contributed by atoms with E-state index in [1.54, 1.807) is 12.1 Å². The Hall–Kier alpha value is -1.84. The number of rotatable bonds is 11. The highest BCUT2D eigenvalue weighted by Crippen LogP contribution is 2.30. The summed E-state index contributed by atoms with van der Waals surface area (Å²) < 4.78 is 5.22. The van der Waals surface area contributed by atoms with Crippen LogP contribution in [-0.4, -0.2) is 23.7 Å². The number of unbranched alkanes of at least 4 members (excludes halogenated alkanes) is 3. The van der Waals surface area contributed by atoms with Crippen LogP contribution in [0.1, 0.15) is 97.9 Å². The van der Waals surface area contributed by atoms with Crippen molar-refractivity contribution in [1.29, 1.82) is 0 Å². The minimum absolute atomic E-state index is 0.113. The van der Waals surface area contributed by atoms with Gasteiger partial charge in [0.1, 0.15) is 0 Å². The lowest BCUT2D eigenvalue weighted by Crippen LogP contribution is -2.16. The summed E-state index contributed by atoms with van der Waals surface area (Å²) in [6.45, 7) is 6.55. The van der Waals surface area contributed by atoms with E-state index in [0.29, 0.717) is 6.61 Å². The summed E-state index contributed by atoms with van der Waals surface area (Å²) in [5.41, 5.74) is 1.04. The molecule has 0 aromatic heterocycles. The Morgan fingerprint density at radius 2 is 1.79 bits per heavy atom. The fourth-order valence-electron chi connectivity index (χ4n) is 2.93. The third-order valence-electron chi connectivity index (χ3n) is 4.35. The van der Waals surface area contributed by atoms with Crippen LogP contribution in [0.3, 0.4) is 0 Å². The first-order valence-electron chi connectivity index (χ1n) is 9.10. The van der Waals surface area contributed by atoms with E-state index in [0.717, 1.165) is 50.5 Å². The Morgan fingerprint density at radius 1 is 1.08 bits per heavy atom. The van der Waals surface area contributed by atoms with Gasteiger partial charge in [-0.05, 0) is 36.8 Å². The number of hydrogen-bond donors (Lipinski definition) is 1. The molecule has 0 amide bonds. The molecule has 0 radical (unpaired) electrons. The molecule has 1 unspecified atom stereocenters. The van der Waals surface area contributed by atoms with Crippen molar-refractivity contribution >= 4 is 11.9 Å². The van der Waals surface area contributed by atoms with Crippen molar-refractivity contribution in [3.63, 3.8) is 0 Å². The van der Waals surface area contributed by atoms with Gasteiger partial charge < -0.3 is 9.84 Å². The molecule has 1 rings (SSSR count). The molecule has 0 saturated heterocycles. The van der Waals surface area contributed by atoms with Crippen LogP contribution in [0.5, 0.6) is 0 Å². The minimum Gasteiger partial charge on any atom is -0.478 e. The molecule has 0 heterocycles. The molecule has 0 fully saturated rings. The van der Waals surface area contributed by atoms with Crippen LogP contribution in [0.15, 0.2) is 18.2 Å². The van der Waals surface area contributed by atoms with Gasteiger partial charge in [0.2, 0.25) is 0 Å². The largest absolute Gasteiger partial charge is 0.478 e. The molecule has 4 nitrogen and oxygen atoms in total. The number of benzene rings is 1. The van der Waals surface area contributed by atoms with Crippen LogP contribution in [0.4, 0.5) is 0 Å². The van der Waals surface area contributed by atoms with Crippen molar-refractivity contribution in [2.75, 3.05) is 6.61 Å². The molecule has 0 bridgehead atoms. The summed E-state index contributed by atoms with van der Waals surface area (Å²) in [4.78, 5) is 24.1. The number of carbonyl (C=O) groups excluding carboxylic acids is 1. The van der Waals surface area contributed by atoms with Gasteiger partial charge in [-0.2, -0.15) is 0 Å². The zero-order valence-electron chi connectivity index (χ0n) is 15.1. The highest BCUT2D eigenvalue weighted by molar-refractivity contribution is 6.03. The van der Waals surface area contributed by atoms with Gasteiger partial charge in [-0.25, -0.2) is 9.59 Å². The first-order chi connectivity index (χ1) is 11.6. The van der Waals surface area contributed by atoms with E-state index in [2.05, 4.69) is 13.8 Å².